The second-order valence-electron chi connectivity index (χ2n) is 5.78. The van der Waals surface area contributed by atoms with E-state index in [4.69, 9.17) is 0 Å². The quantitative estimate of drug-likeness (QED) is 0.687. The summed E-state index contributed by atoms with van der Waals surface area (Å²) in [6.45, 7) is 0.507. The number of benzene rings is 1. The zero-order valence-electron chi connectivity index (χ0n) is 12.9. The molecule has 0 spiro atoms. The summed E-state index contributed by atoms with van der Waals surface area (Å²) >= 11 is 0. The standard InChI is InChI=1S/C18H16N4O2/c23-16-9-13-12(3-1-4-14(13)22-16)18(24)20-8-6-11-10-21-15-5-2-7-19-17(11)15/h1-5,7,10,21H,6,8-9H2,(H,20,24)(H,22,23). The van der Waals surface area contributed by atoms with Crippen LogP contribution in [0.15, 0.2) is 42.7 Å². The van der Waals surface area contributed by atoms with Crippen molar-refractivity contribution < 1.29 is 9.59 Å². The number of nitrogens with zero attached hydrogens (tertiary/aromatic N) is 1. The number of hydrogen-bond acceptors (Lipinski definition) is 3. The van der Waals surface area contributed by atoms with Crippen molar-refractivity contribution in [2.75, 3.05) is 11.9 Å². The summed E-state index contributed by atoms with van der Waals surface area (Å²) in [5.74, 6) is -0.230. The molecule has 3 N–H and O–H groups in total. The Morgan fingerprint density at radius 2 is 2.17 bits per heavy atom. The Bertz CT molecular complexity index is 945. The smallest absolute Gasteiger partial charge is 0.251 e. The summed E-state index contributed by atoms with van der Waals surface area (Å²) in [4.78, 5) is 31.5. The fourth-order valence-corrected chi connectivity index (χ4v) is 3.07. The van der Waals surface area contributed by atoms with E-state index in [1.165, 1.54) is 0 Å². The van der Waals surface area contributed by atoms with Crippen LogP contribution in [0.3, 0.4) is 0 Å². The molecule has 6 heteroatoms. The number of rotatable bonds is 4. The SMILES string of the molecule is O=C1Cc2c(cccc2C(=O)NCCc2c[nH]c3cccnc23)N1. The highest BCUT2D eigenvalue weighted by atomic mass is 16.2. The molecule has 2 amide bonds. The Kier molecular flexibility index (Phi) is 3.49. The van der Waals surface area contributed by atoms with E-state index in [1.807, 2.05) is 24.4 Å². The van der Waals surface area contributed by atoms with Gasteiger partial charge in [0.1, 0.15) is 0 Å². The highest BCUT2D eigenvalue weighted by Crippen LogP contribution is 2.26. The van der Waals surface area contributed by atoms with Gasteiger partial charge in [0.25, 0.3) is 5.91 Å². The van der Waals surface area contributed by atoms with Gasteiger partial charge in [-0.3, -0.25) is 14.6 Å². The molecule has 0 saturated carbocycles. The van der Waals surface area contributed by atoms with Crippen molar-refractivity contribution in [3.8, 4) is 0 Å². The summed E-state index contributed by atoms with van der Waals surface area (Å²) in [6, 6.07) is 9.20. The first-order valence-electron chi connectivity index (χ1n) is 7.83. The van der Waals surface area contributed by atoms with E-state index >= 15 is 0 Å². The van der Waals surface area contributed by atoms with Crippen LogP contribution in [0.2, 0.25) is 0 Å². The molecule has 1 aliphatic heterocycles. The lowest BCUT2D eigenvalue weighted by Gasteiger charge is -2.08. The molecule has 0 radical (unpaired) electrons. The molecule has 24 heavy (non-hydrogen) atoms. The first-order valence-corrected chi connectivity index (χ1v) is 7.83. The zero-order chi connectivity index (χ0) is 16.5. The first kappa shape index (κ1) is 14.4. The summed E-state index contributed by atoms with van der Waals surface area (Å²) in [6.07, 6.45) is 4.63. The van der Waals surface area contributed by atoms with E-state index in [-0.39, 0.29) is 18.2 Å². The maximum atomic E-state index is 12.4. The third-order valence-corrected chi connectivity index (χ3v) is 4.23. The van der Waals surface area contributed by atoms with E-state index in [0.717, 1.165) is 27.8 Å². The molecule has 0 saturated heterocycles. The van der Waals surface area contributed by atoms with Crippen LogP contribution in [0.25, 0.3) is 11.0 Å². The van der Waals surface area contributed by atoms with Gasteiger partial charge in [0, 0.05) is 30.2 Å². The van der Waals surface area contributed by atoms with Crippen molar-refractivity contribution in [3.05, 3.63) is 59.4 Å². The molecular formula is C18H16N4O2. The van der Waals surface area contributed by atoms with Gasteiger partial charge >= 0.3 is 0 Å². The lowest BCUT2D eigenvalue weighted by Crippen LogP contribution is -2.26. The molecule has 0 fully saturated rings. The number of aromatic amines is 1. The molecule has 120 valence electrons. The average Bonchev–Trinajstić information content (AvgIpc) is 3.17. The van der Waals surface area contributed by atoms with Crippen molar-refractivity contribution in [2.24, 2.45) is 0 Å². The molecule has 2 aromatic heterocycles. The molecule has 6 nitrogen and oxygen atoms in total. The Labute approximate surface area is 138 Å². The highest BCUT2D eigenvalue weighted by Gasteiger charge is 2.23. The zero-order valence-corrected chi connectivity index (χ0v) is 12.9. The van der Waals surface area contributed by atoms with E-state index in [2.05, 4.69) is 20.6 Å². The second-order valence-corrected chi connectivity index (χ2v) is 5.78. The number of carbonyl (C=O) groups is 2. The monoisotopic (exact) mass is 320 g/mol. The Morgan fingerprint density at radius 3 is 3.08 bits per heavy atom. The van der Waals surface area contributed by atoms with Crippen molar-refractivity contribution >= 4 is 28.5 Å². The van der Waals surface area contributed by atoms with Crippen LogP contribution in [0, 0.1) is 0 Å². The number of H-pyrrole nitrogens is 1. The van der Waals surface area contributed by atoms with E-state index in [1.54, 1.807) is 18.3 Å². The largest absolute Gasteiger partial charge is 0.360 e. The fourth-order valence-electron chi connectivity index (χ4n) is 3.07. The first-order chi connectivity index (χ1) is 11.7. The van der Waals surface area contributed by atoms with Gasteiger partial charge < -0.3 is 15.6 Å². The van der Waals surface area contributed by atoms with Gasteiger partial charge in [-0.05, 0) is 41.8 Å². The number of aromatic nitrogens is 2. The van der Waals surface area contributed by atoms with Crippen molar-refractivity contribution in [3.63, 3.8) is 0 Å². The molecule has 3 aromatic rings. The maximum Gasteiger partial charge on any atom is 0.251 e. The summed E-state index contributed by atoms with van der Waals surface area (Å²) in [7, 11) is 0. The van der Waals surface area contributed by atoms with Crippen LogP contribution < -0.4 is 10.6 Å². The molecule has 0 unspecified atom stereocenters. The predicted octanol–water partition coefficient (Wildman–Crippen LogP) is 2.03. The fraction of sp³-hybridized carbons (Fsp3) is 0.167. The van der Waals surface area contributed by atoms with Crippen molar-refractivity contribution in [1.82, 2.24) is 15.3 Å². The minimum Gasteiger partial charge on any atom is -0.360 e. The number of pyridine rings is 1. The topological polar surface area (TPSA) is 86.9 Å². The number of nitrogens with one attached hydrogen (secondary N) is 3. The van der Waals surface area contributed by atoms with Crippen LogP contribution in [0.1, 0.15) is 21.5 Å². The lowest BCUT2D eigenvalue weighted by molar-refractivity contribution is -0.115. The normalized spacial score (nSPS) is 12.9. The van der Waals surface area contributed by atoms with Crippen LogP contribution in [-0.4, -0.2) is 28.3 Å². The number of anilines is 1. The van der Waals surface area contributed by atoms with Crippen molar-refractivity contribution in [1.29, 1.82) is 0 Å². The minimum absolute atomic E-state index is 0.0740. The highest BCUT2D eigenvalue weighted by molar-refractivity contribution is 6.05. The van der Waals surface area contributed by atoms with Gasteiger partial charge in [-0.15, -0.1) is 0 Å². The van der Waals surface area contributed by atoms with Gasteiger partial charge in [0.2, 0.25) is 5.91 Å². The molecule has 1 aliphatic rings. The average molecular weight is 320 g/mol. The molecule has 4 rings (SSSR count). The van der Waals surface area contributed by atoms with Gasteiger partial charge in [-0.2, -0.15) is 0 Å². The lowest BCUT2D eigenvalue weighted by atomic mass is 10.0. The number of carbonyl (C=O) groups excluding carboxylic acids is 2. The predicted molar refractivity (Wildman–Crippen MR) is 90.9 cm³/mol. The van der Waals surface area contributed by atoms with Crippen molar-refractivity contribution in [2.45, 2.75) is 12.8 Å². The number of hydrogen-bond donors (Lipinski definition) is 3. The number of amides is 2. The Balaban J connectivity index is 1.45. The third-order valence-electron chi connectivity index (χ3n) is 4.23. The van der Waals surface area contributed by atoms with E-state index in [9.17, 15) is 9.59 Å². The molecule has 0 bridgehead atoms. The van der Waals surface area contributed by atoms with Gasteiger partial charge in [-0.25, -0.2) is 0 Å². The molecular weight excluding hydrogens is 304 g/mol. The van der Waals surface area contributed by atoms with Crippen LogP contribution in [0.4, 0.5) is 5.69 Å². The number of fused-ring (bicyclic) bond motifs is 2. The van der Waals surface area contributed by atoms with Gasteiger partial charge in [-0.1, -0.05) is 6.07 Å². The third kappa shape index (κ3) is 2.52. The van der Waals surface area contributed by atoms with E-state index < -0.39 is 0 Å². The van der Waals surface area contributed by atoms with Gasteiger partial charge in [0.05, 0.1) is 17.5 Å². The van der Waals surface area contributed by atoms with Crippen LogP contribution in [-0.2, 0) is 17.6 Å². The van der Waals surface area contributed by atoms with Crippen LogP contribution >= 0.6 is 0 Å². The molecule has 3 heterocycles. The van der Waals surface area contributed by atoms with Crippen LogP contribution in [0.5, 0.6) is 0 Å². The molecule has 1 aromatic carbocycles. The summed E-state index contributed by atoms with van der Waals surface area (Å²) in [5, 5.41) is 5.69. The van der Waals surface area contributed by atoms with Gasteiger partial charge in [0.15, 0.2) is 0 Å². The summed E-state index contributed by atoms with van der Waals surface area (Å²) in [5.41, 5.74) is 5.05. The second kappa shape index (κ2) is 5.81. The molecule has 0 atom stereocenters. The Morgan fingerprint density at radius 1 is 1.25 bits per heavy atom. The Hall–Kier alpha value is -3.15. The van der Waals surface area contributed by atoms with E-state index in [0.29, 0.717) is 18.5 Å². The minimum atomic E-state index is -0.156. The maximum absolute atomic E-state index is 12.4. The summed E-state index contributed by atoms with van der Waals surface area (Å²) < 4.78 is 0. The molecule has 0 aliphatic carbocycles.